The molecule has 3 N–H and O–H groups in total. The Bertz CT molecular complexity index is 429. The molecule has 2 bridgehead atoms. The van der Waals surface area contributed by atoms with Crippen molar-refractivity contribution in [2.75, 3.05) is 0 Å². The largest absolute Gasteiger partial charge is 0.375 e. The van der Waals surface area contributed by atoms with Gasteiger partial charge >= 0.3 is 0 Å². The lowest BCUT2D eigenvalue weighted by Gasteiger charge is -2.28. The molecule has 0 spiro atoms. The molecule has 0 radical (unpaired) electrons. The highest BCUT2D eigenvalue weighted by Crippen LogP contribution is 2.44. The Morgan fingerprint density at radius 3 is 2.32 bits per heavy atom. The summed E-state index contributed by atoms with van der Waals surface area (Å²) in [6.45, 7) is 4.44. The lowest BCUT2D eigenvalue weighted by atomic mass is 9.81. The second-order valence-electron chi connectivity index (χ2n) is 6.24. The van der Waals surface area contributed by atoms with E-state index in [-0.39, 0.29) is 6.04 Å². The monoisotopic (exact) mass is 260 g/mol. The van der Waals surface area contributed by atoms with Crippen molar-refractivity contribution in [3.63, 3.8) is 0 Å². The van der Waals surface area contributed by atoms with E-state index in [1.807, 2.05) is 0 Å². The summed E-state index contributed by atoms with van der Waals surface area (Å²) >= 11 is 0. The number of hydrazine groups is 1. The Hall–Kier alpha value is -0.900. The van der Waals surface area contributed by atoms with Crippen LogP contribution >= 0.6 is 0 Å². The predicted molar refractivity (Wildman–Crippen MR) is 76.6 cm³/mol. The first-order valence-corrected chi connectivity index (χ1v) is 7.40. The Morgan fingerprint density at radius 1 is 1.16 bits per heavy atom. The molecule has 2 aliphatic rings. The van der Waals surface area contributed by atoms with Gasteiger partial charge in [0.05, 0.1) is 18.2 Å². The summed E-state index contributed by atoms with van der Waals surface area (Å²) in [5.74, 6) is 6.90. The van der Waals surface area contributed by atoms with Gasteiger partial charge in [0.2, 0.25) is 0 Å². The molecule has 2 fully saturated rings. The van der Waals surface area contributed by atoms with Crippen LogP contribution in [-0.4, -0.2) is 12.2 Å². The number of benzene rings is 1. The molecule has 19 heavy (non-hydrogen) atoms. The summed E-state index contributed by atoms with van der Waals surface area (Å²) in [6, 6.07) is 9.09. The van der Waals surface area contributed by atoms with Gasteiger partial charge in [0.15, 0.2) is 0 Å². The maximum atomic E-state index is 5.96. The van der Waals surface area contributed by atoms with Crippen LogP contribution in [0.15, 0.2) is 24.3 Å². The molecular formula is C16H24N2O. The normalized spacial score (nSPS) is 31.1. The second-order valence-corrected chi connectivity index (χ2v) is 6.24. The minimum atomic E-state index is 0.219. The van der Waals surface area contributed by atoms with E-state index in [2.05, 4.69) is 43.5 Å². The lowest BCUT2D eigenvalue weighted by Crippen LogP contribution is -2.37. The zero-order valence-electron chi connectivity index (χ0n) is 11.8. The highest BCUT2D eigenvalue weighted by Gasteiger charge is 2.44. The summed E-state index contributed by atoms with van der Waals surface area (Å²) in [6.07, 6.45) is 4.44. The van der Waals surface area contributed by atoms with Crippen LogP contribution in [-0.2, 0) is 4.74 Å². The number of nitrogens with two attached hydrogens (primary N) is 1. The van der Waals surface area contributed by atoms with Crippen LogP contribution in [0.1, 0.15) is 56.2 Å². The molecule has 3 rings (SSSR count). The van der Waals surface area contributed by atoms with E-state index in [1.165, 1.54) is 24.0 Å². The van der Waals surface area contributed by atoms with Gasteiger partial charge < -0.3 is 4.74 Å². The van der Waals surface area contributed by atoms with Gasteiger partial charge in [-0.25, -0.2) is 0 Å². The van der Waals surface area contributed by atoms with E-state index in [4.69, 9.17) is 10.6 Å². The van der Waals surface area contributed by atoms with Crippen LogP contribution in [0.2, 0.25) is 0 Å². The quantitative estimate of drug-likeness (QED) is 0.646. The number of ether oxygens (including phenoxy) is 1. The fourth-order valence-electron chi connectivity index (χ4n) is 3.58. The lowest BCUT2D eigenvalue weighted by molar-refractivity contribution is 0.0857. The first-order chi connectivity index (χ1) is 9.19. The summed E-state index contributed by atoms with van der Waals surface area (Å²) in [7, 11) is 0. The van der Waals surface area contributed by atoms with Crippen LogP contribution in [0, 0.1) is 5.92 Å². The average Bonchev–Trinajstić information content (AvgIpc) is 3.03. The Morgan fingerprint density at radius 2 is 1.84 bits per heavy atom. The molecule has 0 aliphatic carbocycles. The van der Waals surface area contributed by atoms with E-state index >= 15 is 0 Å². The molecule has 104 valence electrons. The number of nitrogens with one attached hydrogen (secondary N) is 1. The summed E-state index contributed by atoms with van der Waals surface area (Å²) in [5, 5.41) is 0. The van der Waals surface area contributed by atoms with Gasteiger partial charge in [-0.3, -0.25) is 11.3 Å². The summed E-state index contributed by atoms with van der Waals surface area (Å²) in [5.41, 5.74) is 5.68. The van der Waals surface area contributed by atoms with Gasteiger partial charge in [-0.05, 0) is 36.3 Å². The van der Waals surface area contributed by atoms with Gasteiger partial charge in [0.25, 0.3) is 0 Å². The molecule has 2 saturated heterocycles. The third-order valence-corrected chi connectivity index (χ3v) is 4.72. The Labute approximate surface area is 115 Å². The third kappa shape index (κ3) is 2.42. The topological polar surface area (TPSA) is 47.3 Å². The number of hydrogen-bond acceptors (Lipinski definition) is 3. The Kier molecular flexibility index (Phi) is 3.61. The molecule has 0 saturated carbocycles. The van der Waals surface area contributed by atoms with Gasteiger partial charge in [-0.1, -0.05) is 38.1 Å². The summed E-state index contributed by atoms with van der Waals surface area (Å²) < 4.78 is 5.96. The Balaban J connectivity index is 1.78. The van der Waals surface area contributed by atoms with E-state index in [9.17, 15) is 0 Å². The smallest absolute Gasteiger partial charge is 0.0627 e. The van der Waals surface area contributed by atoms with E-state index in [1.54, 1.807) is 0 Å². The van der Waals surface area contributed by atoms with Crippen LogP contribution in [0.25, 0.3) is 0 Å². The highest BCUT2D eigenvalue weighted by atomic mass is 16.5. The standard InChI is InChI=1S/C16H24N2O/c1-10(2)11-3-5-12(6-4-11)16(18-17)14-9-13-7-8-15(14)19-13/h3-6,10,13-16,18H,7-9,17H2,1-2H3. The molecule has 1 aromatic rings. The van der Waals surface area contributed by atoms with Crippen molar-refractivity contribution in [2.24, 2.45) is 11.8 Å². The molecule has 2 aliphatic heterocycles. The number of fused-ring (bicyclic) bond motifs is 2. The average molecular weight is 260 g/mol. The van der Waals surface area contributed by atoms with Crippen molar-refractivity contribution < 1.29 is 4.74 Å². The molecule has 2 heterocycles. The van der Waals surface area contributed by atoms with Crippen molar-refractivity contribution in [2.45, 2.75) is 57.3 Å². The molecule has 1 aromatic carbocycles. The van der Waals surface area contributed by atoms with Gasteiger partial charge in [0, 0.05) is 5.92 Å². The van der Waals surface area contributed by atoms with Crippen LogP contribution in [0.3, 0.4) is 0 Å². The van der Waals surface area contributed by atoms with Crippen molar-refractivity contribution in [1.82, 2.24) is 5.43 Å². The first-order valence-electron chi connectivity index (χ1n) is 7.40. The second kappa shape index (κ2) is 5.23. The van der Waals surface area contributed by atoms with Crippen LogP contribution < -0.4 is 11.3 Å². The van der Waals surface area contributed by atoms with Crippen molar-refractivity contribution in [3.05, 3.63) is 35.4 Å². The fourth-order valence-corrected chi connectivity index (χ4v) is 3.58. The maximum absolute atomic E-state index is 5.96. The predicted octanol–water partition coefficient (Wildman–Crippen LogP) is 2.88. The molecule has 3 nitrogen and oxygen atoms in total. The molecular weight excluding hydrogens is 236 g/mol. The van der Waals surface area contributed by atoms with Crippen molar-refractivity contribution in [3.8, 4) is 0 Å². The molecule has 3 heteroatoms. The van der Waals surface area contributed by atoms with Crippen LogP contribution in [0.5, 0.6) is 0 Å². The number of hydrogen-bond donors (Lipinski definition) is 2. The van der Waals surface area contributed by atoms with Crippen LogP contribution in [0.4, 0.5) is 0 Å². The molecule has 0 amide bonds. The third-order valence-electron chi connectivity index (χ3n) is 4.72. The van der Waals surface area contributed by atoms with Crippen molar-refractivity contribution in [1.29, 1.82) is 0 Å². The minimum absolute atomic E-state index is 0.219. The fraction of sp³-hybridized carbons (Fsp3) is 0.625. The number of rotatable bonds is 4. The van der Waals surface area contributed by atoms with Gasteiger partial charge in [-0.2, -0.15) is 0 Å². The van der Waals surface area contributed by atoms with Crippen molar-refractivity contribution >= 4 is 0 Å². The van der Waals surface area contributed by atoms with E-state index in [0.717, 1.165) is 6.42 Å². The summed E-state index contributed by atoms with van der Waals surface area (Å²) in [4.78, 5) is 0. The zero-order valence-corrected chi connectivity index (χ0v) is 11.8. The van der Waals surface area contributed by atoms with Gasteiger partial charge in [0.1, 0.15) is 0 Å². The molecule has 4 unspecified atom stereocenters. The molecule has 0 aromatic heterocycles. The van der Waals surface area contributed by atoms with E-state index < -0.39 is 0 Å². The minimum Gasteiger partial charge on any atom is -0.375 e. The maximum Gasteiger partial charge on any atom is 0.0627 e. The highest BCUT2D eigenvalue weighted by molar-refractivity contribution is 5.27. The molecule has 4 atom stereocenters. The zero-order chi connectivity index (χ0) is 13.4. The SMILES string of the molecule is CC(C)c1ccc(C(NN)C2CC3CCC2O3)cc1. The van der Waals surface area contributed by atoms with Gasteiger partial charge in [-0.15, -0.1) is 0 Å². The van der Waals surface area contributed by atoms with E-state index in [0.29, 0.717) is 24.0 Å². The first kappa shape index (κ1) is 13.1.